The van der Waals surface area contributed by atoms with Crippen LogP contribution in [-0.4, -0.2) is 30.1 Å². The fourth-order valence-corrected chi connectivity index (χ4v) is 1.91. The standard InChI is InChI=1S/C15H18N2O4/c1-21-13(11-7-3-2-4-8-11)14(18)17-12(15(19)20)9-5-6-10-16/h2-4,7-8,12-13H,5-6,9H2,1H3,(H,17,18)(H,19,20)/t12-,13-/m0/s1. The molecular formula is C15H18N2O4. The SMILES string of the molecule is CO[C@H](C(=O)N[C@@H](CCCC#N)C(=O)O)c1ccccc1. The van der Waals surface area contributed by atoms with Gasteiger partial charge >= 0.3 is 5.97 Å². The van der Waals surface area contributed by atoms with Crippen molar-refractivity contribution in [1.29, 1.82) is 5.26 Å². The summed E-state index contributed by atoms with van der Waals surface area (Å²) in [6.07, 6.45) is 0.0202. The maximum Gasteiger partial charge on any atom is 0.326 e. The van der Waals surface area contributed by atoms with E-state index in [-0.39, 0.29) is 12.8 Å². The second-order valence-corrected chi connectivity index (χ2v) is 4.48. The highest BCUT2D eigenvalue weighted by Crippen LogP contribution is 2.16. The monoisotopic (exact) mass is 290 g/mol. The summed E-state index contributed by atoms with van der Waals surface area (Å²) >= 11 is 0. The summed E-state index contributed by atoms with van der Waals surface area (Å²) in [5.41, 5.74) is 0.652. The van der Waals surface area contributed by atoms with Gasteiger partial charge in [-0.15, -0.1) is 0 Å². The summed E-state index contributed by atoms with van der Waals surface area (Å²) in [5.74, 6) is -1.63. The largest absolute Gasteiger partial charge is 0.480 e. The number of hydrogen-bond donors (Lipinski definition) is 2. The lowest BCUT2D eigenvalue weighted by Crippen LogP contribution is -2.43. The third kappa shape index (κ3) is 5.24. The van der Waals surface area contributed by atoms with E-state index in [1.807, 2.05) is 12.1 Å². The Bertz CT molecular complexity index is 510. The third-order valence-corrected chi connectivity index (χ3v) is 2.97. The third-order valence-electron chi connectivity index (χ3n) is 2.97. The highest BCUT2D eigenvalue weighted by atomic mass is 16.5. The molecule has 0 bridgehead atoms. The number of nitriles is 1. The molecule has 1 aromatic carbocycles. The van der Waals surface area contributed by atoms with Crippen molar-refractivity contribution in [2.75, 3.05) is 7.11 Å². The number of unbranched alkanes of at least 4 members (excludes halogenated alkanes) is 1. The van der Waals surface area contributed by atoms with Crippen LogP contribution in [0.1, 0.15) is 30.9 Å². The first-order valence-electron chi connectivity index (χ1n) is 6.58. The average molecular weight is 290 g/mol. The number of rotatable bonds is 8. The number of carboxylic acids is 1. The van der Waals surface area contributed by atoms with E-state index in [1.54, 1.807) is 24.3 Å². The van der Waals surface area contributed by atoms with Gasteiger partial charge in [0.05, 0.1) is 6.07 Å². The topological polar surface area (TPSA) is 99.4 Å². The van der Waals surface area contributed by atoms with Gasteiger partial charge in [0.25, 0.3) is 5.91 Å². The Balaban J connectivity index is 2.71. The van der Waals surface area contributed by atoms with E-state index in [2.05, 4.69) is 5.32 Å². The van der Waals surface area contributed by atoms with Gasteiger partial charge < -0.3 is 15.2 Å². The summed E-state index contributed by atoms with van der Waals surface area (Å²) < 4.78 is 5.15. The lowest BCUT2D eigenvalue weighted by Gasteiger charge is -2.19. The van der Waals surface area contributed by atoms with E-state index >= 15 is 0 Å². The smallest absolute Gasteiger partial charge is 0.326 e. The van der Waals surface area contributed by atoms with Crippen LogP contribution in [0.2, 0.25) is 0 Å². The second-order valence-electron chi connectivity index (χ2n) is 4.48. The summed E-state index contributed by atoms with van der Waals surface area (Å²) in [4.78, 5) is 23.3. The molecule has 1 amide bonds. The van der Waals surface area contributed by atoms with Crippen LogP contribution in [0.5, 0.6) is 0 Å². The van der Waals surface area contributed by atoms with Crippen molar-refractivity contribution in [3.63, 3.8) is 0 Å². The summed E-state index contributed by atoms with van der Waals surface area (Å²) in [6.45, 7) is 0. The average Bonchev–Trinajstić information content (AvgIpc) is 2.48. The zero-order valence-electron chi connectivity index (χ0n) is 11.8. The van der Waals surface area contributed by atoms with Crippen LogP contribution in [0.15, 0.2) is 30.3 Å². The van der Waals surface area contributed by atoms with Gasteiger partial charge in [-0.1, -0.05) is 30.3 Å². The van der Waals surface area contributed by atoms with Crippen LogP contribution in [-0.2, 0) is 14.3 Å². The number of carboxylic acid groups (broad SMARTS) is 1. The van der Waals surface area contributed by atoms with Crippen molar-refractivity contribution >= 4 is 11.9 Å². The van der Waals surface area contributed by atoms with Gasteiger partial charge in [0.2, 0.25) is 0 Å². The number of methoxy groups -OCH3 is 1. The first kappa shape index (κ1) is 16.7. The molecule has 0 heterocycles. The van der Waals surface area contributed by atoms with Gasteiger partial charge in [0.1, 0.15) is 6.04 Å². The number of amides is 1. The van der Waals surface area contributed by atoms with Crippen molar-refractivity contribution in [3.8, 4) is 6.07 Å². The van der Waals surface area contributed by atoms with E-state index in [0.29, 0.717) is 12.0 Å². The van der Waals surface area contributed by atoms with E-state index in [1.165, 1.54) is 7.11 Å². The van der Waals surface area contributed by atoms with E-state index in [0.717, 1.165) is 0 Å². The molecule has 6 nitrogen and oxygen atoms in total. The molecule has 0 aliphatic carbocycles. The van der Waals surface area contributed by atoms with Crippen LogP contribution in [0, 0.1) is 11.3 Å². The number of hydrogen-bond acceptors (Lipinski definition) is 4. The van der Waals surface area contributed by atoms with Gasteiger partial charge in [0, 0.05) is 13.5 Å². The summed E-state index contributed by atoms with van der Waals surface area (Å²) in [5, 5.41) is 20.0. The molecule has 0 saturated heterocycles. The Kier molecular flexibility index (Phi) is 6.92. The Morgan fingerprint density at radius 2 is 2.05 bits per heavy atom. The Morgan fingerprint density at radius 1 is 1.38 bits per heavy atom. The van der Waals surface area contributed by atoms with E-state index < -0.39 is 24.0 Å². The number of ether oxygens (including phenoxy) is 1. The molecular weight excluding hydrogens is 272 g/mol. The molecule has 0 aromatic heterocycles. The zero-order valence-corrected chi connectivity index (χ0v) is 11.8. The molecule has 0 aliphatic rings. The molecule has 0 unspecified atom stereocenters. The Labute approximate surface area is 123 Å². The van der Waals surface area contributed by atoms with Gasteiger partial charge in [-0.05, 0) is 18.4 Å². The number of nitrogens with one attached hydrogen (secondary N) is 1. The first-order valence-corrected chi connectivity index (χ1v) is 6.58. The zero-order chi connectivity index (χ0) is 15.7. The minimum absolute atomic E-state index is 0.208. The molecule has 2 N–H and O–H groups in total. The minimum atomic E-state index is -1.12. The minimum Gasteiger partial charge on any atom is -0.480 e. The lowest BCUT2D eigenvalue weighted by molar-refractivity contribution is -0.144. The van der Waals surface area contributed by atoms with Crippen LogP contribution >= 0.6 is 0 Å². The van der Waals surface area contributed by atoms with Gasteiger partial charge in [-0.3, -0.25) is 4.79 Å². The van der Waals surface area contributed by atoms with Crippen LogP contribution < -0.4 is 5.32 Å². The van der Waals surface area contributed by atoms with Gasteiger partial charge in [0.15, 0.2) is 6.10 Å². The van der Waals surface area contributed by atoms with Crippen LogP contribution in [0.25, 0.3) is 0 Å². The van der Waals surface area contributed by atoms with Crippen LogP contribution in [0.4, 0.5) is 0 Å². The van der Waals surface area contributed by atoms with Crippen molar-refractivity contribution in [2.24, 2.45) is 0 Å². The van der Waals surface area contributed by atoms with Crippen molar-refractivity contribution < 1.29 is 19.4 Å². The molecule has 0 radical (unpaired) electrons. The number of aliphatic carboxylic acids is 1. The number of benzene rings is 1. The second kappa shape index (κ2) is 8.72. The van der Waals surface area contributed by atoms with E-state index in [9.17, 15) is 9.59 Å². The van der Waals surface area contributed by atoms with Crippen molar-refractivity contribution in [3.05, 3.63) is 35.9 Å². The molecule has 0 fully saturated rings. The fraction of sp³-hybridized carbons (Fsp3) is 0.400. The predicted molar refractivity (Wildman–Crippen MR) is 75.2 cm³/mol. The molecule has 0 aliphatic heterocycles. The number of nitrogens with zero attached hydrogens (tertiary/aromatic N) is 1. The molecule has 0 spiro atoms. The number of carbonyl (C=O) groups is 2. The lowest BCUT2D eigenvalue weighted by atomic mass is 10.1. The molecule has 1 rings (SSSR count). The predicted octanol–water partition coefficient (Wildman–Crippen LogP) is 1.64. The van der Waals surface area contributed by atoms with Gasteiger partial charge in [-0.2, -0.15) is 5.26 Å². The van der Waals surface area contributed by atoms with Gasteiger partial charge in [-0.25, -0.2) is 4.79 Å². The molecule has 2 atom stereocenters. The fourth-order valence-electron chi connectivity index (χ4n) is 1.91. The molecule has 0 saturated carbocycles. The molecule has 112 valence electrons. The van der Waals surface area contributed by atoms with Crippen molar-refractivity contribution in [1.82, 2.24) is 5.32 Å². The maximum absolute atomic E-state index is 12.2. The van der Waals surface area contributed by atoms with Crippen LogP contribution in [0.3, 0.4) is 0 Å². The maximum atomic E-state index is 12.2. The van der Waals surface area contributed by atoms with E-state index in [4.69, 9.17) is 15.1 Å². The summed E-state index contributed by atoms with van der Waals surface area (Å²) in [6, 6.07) is 9.76. The van der Waals surface area contributed by atoms with Crippen molar-refractivity contribution in [2.45, 2.75) is 31.4 Å². The first-order chi connectivity index (χ1) is 10.1. The molecule has 21 heavy (non-hydrogen) atoms. The Hall–Kier alpha value is -2.39. The highest BCUT2D eigenvalue weighted by Gasteiger charge is 2.25. The molecule has 1 aromatic rings. The Morgan fingerprint density at radius 3 is 2.57 bits per heavy atom. The normalized spacial score (nSPS) is 13.0. The number of carbonyl (C=O) groups excluding carboxylic acids is 1. The highest BCUT2D eigenvalue weighted by molar-refractivity contribution is 5.87. The summed E-state index contributed by atoms with van der Waals surface area (Å²) in [7, 11) is 1.39. The molecule has 6 heteroatoms. The quantitative estimate of drug-likeness (QED) is 0.709.